The summed E-state index contributed by atoms with van der Waals surface area (Å²) in [7, 11) is 0. The van der Waals surface area contributed by atoms with Crippen LogP contribution in [0.25, 0.3) is 0 Å². The fourth-order valence-electron chi connectivity index (χ4n) is 5.12. The van der Waals surface area contributed by atoms with Gasteiger partial charge in [0.25, 0.3) is 0 Å². The lowest BCUT2D eigenvalue weighted by molar-refractivity contribution is -0.271. The van der Waals surface area contributed by atoms with E-state index in [-0.39, 0.29) is 40.5 Å². The molecular formula is C31H36O12. The normalized spacial score (nSPS) is 27.2. The fraction of sp³-hybridized carbons (Fsp3) is 0.419. The van der Waals surface area contributed by atoms with Gasteiger partial charge in [-0.05, 0) is 52.2 Å². The van der Waals surface area contributed by atoms with Crippen molar-refractivity contribution < 1.29 is 59.5 Å². The maximum Gasteiger partial charge on any atom is 0.335 e. The van der Waals surface area contributed by atoms with Gasteiger partial charge in [-0.15, -0.1) is 0 Å². The Kier molecular flexibility index (Phi) is 9.65. The van der Waals surface area contributed by atoms with Crippen LogP contribution in [-0.2, 0) is 9.53 Å². The molecule has 0 spiro atoms. The van der Waals surface area contributed by atoms with E-state index in [0.717, 1.165) is 36.6 Å². The van der Waals surface area contributed by atoms with Crippen molar-refractivity contribution in [3.8, 4) is 28.7 Å². The summed E-state index contributed by atoms with van der Waals surface area (Å²) in [5, 5.41) is 70.9. The van der Waals surface area contributed by atoms with Crippen LogP contribution in [0.5, 0.6) is 28.7 Å². The van der Waals surface area contributed by atoms with Crippen LogP contribution in [0.2, 0.25) is 0 Å². The average molecular weight is 601 g/mol. The molecule has 2 aliphatic heterocycles. The molecule has 0 radical (unpaired) electrons. The van der Waals surface area contributed by atoms with Gasteiger partial charge in [-0.25, -0.2) is 4.79 Å². The Hall–Kier alpha value is -4.10. The van der Waals surface area contributed by atoms with E-state index in [0.29, 0.717) is 0 Å². The van der Waals surface area contributed by atoms with E-state index in [9.17, 15) is 45.3 Å². The number of allylic oxidation sites excluding steroid dienone is 4. The molecular weight excluding hydrogens is 564 g/mol. The molecule has 2 aromatic carbocycles. The van der Waals surface area contributed by atoms with Gasteiger partial charge in [-0.1, -0.05) is 23.3 Å². The highest BCUT2D eigenvalue weighted by Gasteiger charge is 2.49. The third-order valence-electron chi connectivity index (χ3n) is 7.44. The van der Waals surface area contributed by atoms with E-state index < -0.39 is 60.2 Å². The molecule has 12 nitrogen and oxygen atoms in total. The number of carbonyl (C=O) groups excluding carboxylic acids is 1. The molecule has 4 rings (SSSR count). The van der Waals surface area contributed by atoms with Crippen LogP contribution in [0.15, 0.2) is 53.6 Å². The number of carboxylic acids is 1. The van der Waals surface area contributed by atoms with Gasteiger partial charge in [0.2, 0.25) is 6.29 Å². The number of aliphatic hydroxyl groups is 3. The van der Waals surface area contributed by atoms with Crippen LogP contribution in [0.1, 0.15) is 62.1 Å². The topological polar surface area (TPSA) is 203 Å². The second-order valence-corrected chi connectivity index (χ2v) is 11.0. The van der Waals surface area contributed by atoms with E-state index in [1.54, 1.807) is 0 Å². The number of carbonyl (C=O) groups is 2. The van der Waals surface area contributed by atoms with Crippen LogP contribution in [0, 0.1) is 5.92 Å². The number of ether oxygens (including phenoxy) is 3. The Morgan fingerprint density at radius 2 is 1.67 bits per heavy atom. The van der Waals surface area contributed by atoms with Crippen LogP contribution < -0.4 is 9.47 Å². The summed E-state index contributed by atoms with van der Waals surface area (Å²) in [4.78, 5) is 25.7. The number of phenols is 3. The highest BCUT2D eigenvalue weighted by atomic mass is 16.7. The summed E-state index contributed by atoms with van der Waals surface area (Å²) in [5.41, 5.74) is 2.27. The van der Waals surface area contributed by atoms with Gasteiger partial charge in [-0.2, -0.15) is 0 Å². The van der Waals surface area contributed by atoms with E-state index in [4.69, 9.17) is 14.2 Å². The first kappa shape index (κ1) is 31.8. The molecule has 0 amide bonds. The highest BCUT2D eigenvalue weighted by molar-refractivity contribution is 6.04. The van der Waals surface area contributed by atoms with Crippen molar-refractivity contribution in [3.63, 3.8) is 0 Å². The summed E-state index contributed by atoms with van der Waals surface area (Å²) in [5.74, 6) is -4.41. The molecule has 7 atom stereocenters. The first-order chi connectivity index (χ1) is 20.3. The number of aliphatic carboxylic acids is 1. The zero-order valence-corrected chi connectivity index (χ0v) is 23.9. The van der Waals surface area contributed by atoms with Gasteiger partial charge in [-0.3, -0.25) is 4.79 Å². The van der Waals surface area contributed by atoms with Crippen molar-refractivity contribution in [2.45, 2.75) is 76.8 Å². The monoisotopic (exact) mass is 600 g/mol. The van der Waals surface area contributed by atoms with Crippen molar-refractivity contribution >= 4 is 11.8 Å². The zero-order valence-electron chi connectivity index (χ0n) is 23.9. The van der Waals surface area contributed by atoms with E-state index in [1.165, 1.54) is 17.7 Å². The van der Waals surface area contributed by atoms with Crippen molar-refractivity contribution in [1.82, 2.24) is 0 Å². The molecule has 7 N–H and O–H groups in total. The molecule has 0 saturated carbocycles. The summed E-state index contributed by atoms with van der Waals surface area (Å²) in [6.07, 6.45) is -4.91. The molecule has 7 unspecified atom stereocenters. The maximum atomic E-state index is 14.1. The van der Waals surface area contributed by atoms with Crippen molar-refractivity contribution in [2.75, 3.05) is 0 Å². The second kappa shape index (κ2) is 13.0. The number of Topliss-reactive ketones (excluding diaryl/α,β-unsaturated/α-hetero) is 1. The van der Waals surface area contributed by atoms with Gasteiger partial charge in [0.05, 0.1) is 5.92 Å². The number of hydrogen-bond donors (Lipinski definition) is 7. The van der Waals surface area contributed by atoms with E-state index in [1.807, 2.05) is 26.8 Å². The fourth-order valence-corrected chi connectivity index (χ4v) is 5.12. The minimum atomic E-state index is -1.95. The number of hydrogen-bond acceptors (Lipinski definition) is 11. The van der Waals surface area contributed by atoms with Gasteiger partial charge in [0.15, 0.2) is 11.9 Å². The minimum absolute atomic E-state index is 0.126. The number of aromatic hydroxyl groups is 3. The van der Waals surface area contributed by atoms with Crippen molar-refractivity contribution in [1.29, 1.82) is 0 Å². The Morgan fingerprint density at radius 1 is 0.953 bits per heavy atom. The lowest BCUT2D eigenvalue weighted by Gasteiger charge is -2.39. The molecule has 2 aliphatic rings. The summed E-state index contributed by atoms with van der Waals surface area (Å²) in [6, 6.07) is 6.11. The Morgan fingerprint density at radius 3 is 2.33 bits per heavy atom. The molecule has 2 heterocycles. The van der Waals surface area contributed by atoms with Crippen LogP contribution in [0.3, 0.4) is 0 Å². The number of phenolic OH excluding ortho intramolecular Hbond substituents is 3. The summed E-state index contributed by atoms with van der Waals surface area (Å²) in [6.45, 7) is 5.94. The molecule has 0 bridgehead atoms. The first-order valence-electron chi connectivity index (χ1n) is 13.8. The molecule has 1 fully saturated rings. The summed E-state index contributed by atoms with van der Waals surface area (Å²) < 4.78 is 17.1. The average Bonchev–Trinajstić information content (AvgIpc) is 2.92. The molecule has 12 heteroatoms. The van der Waals surface area contributed by atoms with Crippen LogP contribution in [0.4, 0.5) is 0 Å². The predicted octanol–water partition coefficient (Wildman–Crippen LogP) is 3.09. The van der Waals surface area contributed by atoms with Crippen LogP contribution >= 0.6 is 0 Å². The molecule has 0 aromatic heterocycles. The lowest BCUT2D eigenvalue weighted by atomic mass is 9.82. The van der Waals surface area contributed by atoms with Crippen LogP contribution in [-0.4, -0.2) is 78.2 Å². The Bertz CT molecular complexity index is 1430. The molecule has 1 saturated heterocycles. The van der Waals surface area contributed by atoms with Gasteiger partial charge >= 0.3 is 5.97 Å². The quantitative estimate of drug-likeness (QED) is 0.208. The molecule has 0 aliphatic carbocycles. The van der Waals surface area contributed by atoms with Crippen molar-refractivity contribution in [3.05, 3.63) is 64.8 Å². The zero-order chi connectivity index (χ0) is 31.6. The smallest absolute Gasteiger partial charge is 0.335 e. The van der Waals surface area contributed by atoms with Crippen molar-refractivity contribution in [2.24, 2.45) is 5.92 Å². The third-order valence-corrected chi connectivity index (χ3v) is 7.44. The third kappa shape index (κ3) is 6.94. The second-order valence-electron chi connectivity index (χ2n) is 11.0. The first-order valence-corrected chi connectivity index (χ1v) is 13.8. The number of rotatable bonds is 9. The minimum Gasteiger partial charge on any atom is -0.508 e. The van der Waals surface area contributed by atoms with E-state index in [2.05, 4.69) is 6.08 Å². The number of benzene rings is 2. The standard InChI is InChI=1S/C31H36O12/c1-14(2)5-4-6-15(3)7-9-19-24(35)23-21(41-28(19)18-10-8-16(32)11-20(18)34)12-17(33)13-22(23)42-31-27(38)25(36)26(37)29(43-31)30(39)40/h5,7-8,10-13,19,25-29,31-34,36-38H,4,6,9H2,1-3H3,(H,39,40)/b15-7-. The van der Waals surface area contributed by atoms with Gasteiger partial charge in [0.1, 0.15) is 58.7 Å². The Labute approximate surface area is 247 Å². The number of fused-ring (bicyclic) bond motifs is 1. The lowest BCUT2D eigenvalue weighted by Crippen LogP contribution is -2.61. The molecule has 43 heavy (non-hydrogen) atoms. The highest BCUT2D eigenvalue weighted by Crippen LogP contribution is 2.48. The predicted molar refractivity (Wildman–Crippen MR) is 151 cm³/mol. The van der Waals surface area contributed by atoms with Gasteiger partial charge in [0, 0.05) is 23.8 Å². The van der Waals surface area contributed by atoms with Gasteiger partial charge < -0.3 is 50.0 Å². The molecule has 2 aromatic rings. The Balaban J connectivity index is 1.73. The number of aliphatic hydroxyl groups excluding tert-OH is 3. The largest absolute Gasteiger partial charge is 0.508 e. The SMILES string of the molecule is CC(C)=CCC/C(C)=C\CC1C(=O)c2c(OC3OC(C(=O)O)C(O)C(O)C3O)cc(O)cc2OC1c1ccc(O)cc1O. The maximum absolute atomic E-state index is 14.1. The summed E-state index contributed by atoms with van der Waals surface area (Å²) >= 11 is 0. The molecule has 232 valence electrons. The van der Waals surface area contributed by atoms with E-state index >= 15 is 0 Å². The number of ketones is 1. The number of carboxylic acid groups (broad SMARTS) is 1.